The molecule has 2 N–H and O–H groups in total. The van der Waals surface area contributed by atoms with Crippen LogP contribution in [0.4, 0.5) is 0 Å². The highest BCUT2D eigenvalue weighted by Crippen LogP contribution is 2.37. The van der Waals surface area contributed by atoms with E-state index in [1.54, 1.807) is 55.7 Å². The number of hydrogen-bond donors (Lipinski definition) is 2. The molecule has 0 saturated carbocycles. The lowest BCUT2D eigenvalue weighted by Gasteiger charge is -2.15. The Morgan fingerprint density at radius 1 is 1.16 bits per heavy atom. The fourth-order valence-electron chi connectivity index (χ4n) is 3.40. The summed E-state index contributed by atoms with van der Waals surface area (Å²) >= 11 is 6.16. The van der Waals surface area contributed by atoms with Gasteiger partial charge in [-0.1, -0.05) is 23.7 Å². The van der Waals surface area contributed by atoms with Gasteiger partial charge < -0.3 is 14.5 Å². The fraction of sp³-hybridized carbons (Fsp3) is 0.136. The average molecular weight is 472 g/mol. The largest absolute Gasteiger partial charge is 0.491 e. The number of benzene rings is 2. The van der Waals surface area contributed by atoms with Crippen molar-refractivity contribution in [3.8, 4) is 16.9 Å². The molecule has 32 heavy (non-hydrogen) atoms. The minimum absolute atomic E-state index is 0.0974. The summed E-state index contributed by atoms with van der Waals surface area (Å²) in [5.74, 6) is 1.02. The molecule has 2 aromatic carbocycles. The summed E-state index contributed by atoms with van der Waals surface area (Å²) in [7, 11) is -4.41. The Labute approximate surface area is 188 Å². The van der Waals surface area contributed by atoms with Gasteiger partial charge in [0.1, 0.15) is 18.2 Å². The monoisotopic (exact) mass is 471 g/mol. The molecule has 0 unspecified atom stereocenters. The lowest BCUT2D eigenvalue weighted by Crippen LogP contribution is -2.26. The fourth-order valence-corrected chi connectivity index (χ4v) is 4.16. The van der Waals surface area contributed by atoms with E-state index in [2.05, 4.69) is 9.97 Å². The first-order chi connectivity index (χ1) is 15.2. The van der Waals surface area contributed by atoms with E-state index in [9.17, 15) is 19.1 Å². The second-order valence-corrected chi connectivity index (χ2v) is 9.13. The Bertz CT molecular complexity index is 1420. The molecule has 4 rings (SSSR count). The van der Waals surface area contributed by atoms with E-state index < -0.39 is 7.60 Å². The van der Waals surface area contributed by atoms with Gasteiger partial charge in [0.25, 0.3) is 5.56 Å². The molecule has 0 aliphatic heterocycles. The van der Waals surface area contributed by atoms with Crippen LogP contribution in [0.3, 0.4) is 0 Å². The normalized spacial score (nSPS) is 11.6. The van der Waals surface area contributed by atoms with Crippen molar-refractivity contribution in [2.75, 3.05) is 6.61 Å². The number of rotatable bonds is 6. The highest BCUT2D eigenvalue weighted by molar-refractivity contribution is 7.60. The van der Waals surface area contributed by atoms with E-state index in [1.165, 1.54) is 16.7 Å². The minimum atomic E-state index is -4.41. The molecule has 0 radical (unpaired) electrons. The third-order valence-electron chi connectivity index (χ3n) is 4.96. The molecule has 2 heterocycles. The first kappa shape index (κ1) is 22.2. The van der Waals surface area contributed by atoms with Gasteiger partial charge in [-0.05, 0) is 48.9 Å². The summed E-state index contributed by atoms with van der Waals surface area (Å²) in [6, 6.07) is 12.7. The summed E-state index contributed by atoms with van der Waals surface area (Å²) in [5.41, 5.74) is 1.50. The Kier molecular flexibility index (Phi) is 6.13. The molecule has 0 aliphatic rings. The van der Waals surface area contributed by atoms with Gasteiger partial charge in [-0.2, -0.15) is 0 Å². The van der Waals surface area contributed by atoms with Crippen molar-refractivity contribution >= 4 is 35.4 Å². The third kappa shape index (κ3) is 4.59. The maximum absolute atomic E-state index is 12.8. The van der Waals surface area contributed by atoms with Crippen LogP contribution in [0.2, 0.25) is 5.02 Å². The molecule has 0 amide bonds. The van der Waals surface area contributed by atoms with Crippen LogP contribution in [0.15, 0.2) is 65.7 Å². The van der Waals surface area contributed by atoms with Gasteiger partial charge in [-0.25, -0.2) is 4.98 Å². The second kappa shape index (κ2) is 8.84. The molecule has 8 nitrogen and oxygen atoms in total. The lowest BCUT2D eigenvalue weighted by molar-refractivity contribution is 0.295. The number of aromatic nitrogens is 3. The van der Waals surface area contributed by atoms with Crippen LogP contribution in [0.1, 0.15) is 5.82 Å². The Balaban J connectivity index is 1.62. The number of hydrogen-bond acceptors (Lipinski definition) is 5. The molecule has 0 spiro atoms. The lowest BCUT2D eigenvalue weighted by atomic mass is 10.0. The molecule has 0 saturated heterocycles. The maximum atomic E-state index is 12.8. The summed E-state index contributed by atoms with van der Waals surface area (Å²) in [6.07, 6.45) is 3.10. The van der Waals surface area contributed by atoms with E-state index >= 15 is 0 Å². The van der Waals surface area contributed by atoms with Crippen LogP contribution in [0.5, 0.6) is 5.75 Å². The van der Waals surface area contributed by atoms with Crippen LogP contribution in [-0.2, 0) is 11.1 Å². The van der Waals surface area contributed by atoms with Crippen molar-refractivity contribution in [2.45, 2.75) is 13.5 Å². The zero-order chi connectivity index (χ0) is 22.9. The topological polar surface area (TPSA) is 115 Å². The van der Waals surface area contributed by atoms with Crippen molar-refractivity contribution < 1.29 is 19.1 Å². The molecule has 2 aromatic heterocycles. The van der Waals surface area contributed by atoms with E-state index in [4.69, 9.17) is 16.3 Å². The number of aryl methyl sites for hydroxylation is 1. The van der Waals surface area contributed by atoms with E-state index in [0.29, 0.717) is 38.6 Å². The van der Waals surface area contributed by atoms with Crippen LogP contribution in [0, 0.1) is 6.92 Å². The molecular formula is C22H19ClN3O5P. The molecule has 0 atom stereocenters. The summed E-state index contributed by atoms with van der Waals surface area (Å²) in [4.78, 5) is 40.2. The van der Waals surface area contributed by atoms with Gasteiger partial charge >= 0.3 is 7.60 Å². The molecular weight excluding hydrogens is 453 g/mol. The average Bonchev–Trinajstić information content (AvgIpc) is 2.76. The summed E-state index contributed by atoms with van der Waals surface area (Å²) in [5, 5.41) is 0.834. The summed E-state index contributed by atoms with van der Waals surface area (Å²) < 4.78 is 19.1. The first-order valence-electron chi connectivity index (χ1n) is 9.64. The predicted octanol–water partition coefficient (Wildman–Crippen LogP) is 3.30. The third-order valence-corrected chi connectivity index (χ3v) is 6.14. The Morgan fingerprint density at radius 3 is 2.75 bits per heavy atom. The highest BCUT2D eigenvalue weighted by Gasteiger charge is 2.18. The Hall–Kier alpha value is -3.03. The van der Waals surface area contributed by atoms with Crippen molar-refractivity contribution in [2.24, 2.45) is 0 Å². The van der Waals surface area contributed by atoms with Crippen molar-refractivity contribution in [1.29, 1.82) is 0 Å². The number of halogens is 1. The molecule has 4 aromatic rings. The van der Waals surface area contributed by atoms with Gasteiger partial charge in [0.15, 0.2) is 0 Å². The second-order valence-electron chi connectivity index (χ2n) is 7.09. The van der Waals surface area contributed by atoms with Crippen LogP contribution in [-0.4, -0.2) is 30.9 Å². The minimum Gasteiger partial charge on any atom is -0.491 e. The van der Waals surface area contributed by atoms with E-state index in [0.717, 1.165) is 0 Å². The number of fused-ring (bicyclic) bond motifs is 1. The van der Waals surface area contributed by atoms with Crippen molar-refractivity contribution in [3.63, 3.8) is 0 Å². The molecule has 0 bridgehead atoms. The van der Waals surface area contributed by atoms with E-state index in [1.807, 2.05) is 0 Å². The SMILES string of the molecule is Cc1nc2cnccc2c(=O)n1CCOc1ccc(Cl)cc1-c1cccc(P(=O)(O)O)c1. The van der Waals surface area contributed by atoms with E-state index in [-0.39, 0.29) is 24.0 Å². The number of ether oxygens (including phenoxy) is 1. The van der Waals surface area contributed by atoms with Gasteiger partial charge in [-0.15, -0.1) is 0 Å². The molecule has 10 heteroatoms. The molecule has 0 fully saturated rings. The Morgan fingerprint density at radius 2 is 1.97 bits per heavy atom. The standard InChI is InChI=1S/C22H19ClN3O5P/c1-14-25-20-13-24-8-7-18(20)22(27)26(14)9-10-31-21-6-5-16(23)12-19(21)15-3-2-4-17(11-15)32(28,29)30/h2-8,11-13H,9-10H2,1H3,(H2,28,29,30). The quantitative estimate of drug-likeness (QED) is 0.415. The summed E-state index contributed by atoms with van der Waals surface area (Å²) in [6.45, 7) is 2.18. The number of pyridine rings is 1. The van der Waals surface area contributed by atoms with Crippen LogP contribution in [0.25, 0.3) is 22.0 Å². The zero-order valence-electron chi connectivity index (χ0n) is 17.0. The van der Waals surface area contributed by atoms with Gasteiger partial charge in [0.2, 0.25) is 0 Å². The van der Waals surface area contributed by atoms with Crippen LogP contribution < -0.4 is 15.6 Å². The van der Waals surface area contributed by atoms with Gasteiger partial charge in [0, 0.05) is 16.8 Å². The number of nitrogens with zero attached hydrogens (tertiary/aromatic N) is 3. The molecule has 164 valence electrons. The predicted molar refractivity (Wildman–Crippen MR) is 123 cm³/mol. The van der Waals surface area contributed by atoms with Gasteiger partial charge in [0.05, 0.1) is 28.9 Å². The smallest absolute Gasteiger partial charge is 0.356 e. The molecule has 0 aliphatic carbocycles. The van der Waals surface area contributed by atoms with Crippen molar-refractivity contribution in [3.05, 3.63) is 82.1 Å². The van der Waals surface area contributed by atoms with Crippen LogP contribution >= 0.6 is 19.2 Å². The van der Waals surface area contributed by atoms with Crippen molar-refractivity contribution in [1.82, 2.24) is 14.5 Å². The zero-order valence-corrected chi connectivity index (χ0v) is 18.6. The maximum Gasteiger partial charge on any atom is 0.356 e. The van der Waals surface area contributed by atoms with Gasteiger partial charge in [-0.3, -0.25) is 18.9 Å². The first-order valence-corrected chi connectivity index (χ1v) is 11.6. The highest BCUT2D eigenvalue weighted by atomic mass is 35.5.